The van der Waals surface area contributed by atoms with E-state index in [-0.39, 0.29) is 12.5 Å². The fraction of sp³-hybridized carbons (Fsp3) is 0.980. The number of nitrogens with one attached hydrogen (secondary N) is 1. The van der Waals surface area contributed by atoms with Crippen molar-refractivity contribution in [2.45, 2.75) is 315 Å². The number of amides is 1. The zero-order valence-electron chi connectivity index (χ0n) is 38.3. The van der Waals surface area contributed by atoms with Crippen molar-refractivity contribution < 1.29 is 20.1 Å². The summed E-state index contributed by atoms with van der Waals surface area (Å²) in [5, 5.41) is 33.7. The van der Waals surface area contributed by atoms with Crippen LogP contribution in [-0.4, -0.2) is 46.1 Å². The van der Waals surface area contributed by atoms with Gasteiger partial charge in [0.1, 0.15) is 6.10 Å². The number of hydrogen-bond acceptors (Lipinski definition) is 4. The molecule has 3 unspecified atom stereocenters. The van der Waals surface area contributed by atoms with E-state index in [9.17, 15) is 20.1 Å². The Morgan fingerprint density at radius 1 is 0.375 bits per heavy atom. The third-order valence-corrected chi connectivity index (χ3v) is 12.5. The van der Waals surface area contributed by atoms with Gasteiger partial charge in [0.15, 0.2) is 0 Å². The summed E-state index contributed by atoms with van der Waals surface area (Å²) in [6.07, 6.45) is 55.3. The molecule has 1 amide bonds. The molecule has 0 rings (SSSR count). The number of rotatable bonds is 48. The maximum absolute atomic E-state index is 12.5. The van der Waals surface area contributed by atoms with E-state index in [1.54, 1.807) is 0 Å². The molecule has 5 heteroatoms. The van der Waals surface area contributed by atoms with Gasteiger partial charge in [0.2, 0.25) is 5.91 Å². The van der Waals surface area contributed by atoms with Crippen LogP contribution in [0.15, 0.2) is 0 Å². The SMILES string of the molecule is CCCCCCCCCCCCCCCCCCCCCCCCCCCCCC(=O)NC(CO)C(O)C(O)CCCCCCCCCCCCCCCCC. The topological polar surface area (TPSA) is 89.8 Å². The monoisotopic (exact) mass is 794 g/mol. The normalized spacial score (nSPS) is 13.3. The summed E-state index contributed by atoms with van der Waals surface area (Å²) >= 11 is 0. The molecule has 0 saturated heterocycles. The predicted molar refractivity (Wildman–Crippen MR) is 246 cm³/mol. The largest absolute Gasteiger partial charge is 0.394 e. The van der Waals surface area contributed by atoms with Crippen LogP contribution >= 0.6 is 0 Å². The van der Waals surface area contributed by atoms with E-state index in [2.05, 4.69) is 19.2 Å². The zero-order chi connectivity index (χ0) is 40.8. The highest BCUT2D eigenvalue weighted by Crippen LogP contribution is 2.18. The van der Waals surface area contributed by atoms with E-state index < -0.39 is 18.2 Å². The third-order valence-electron chi connectivity index (χ3n) is 12.5. The van der Waals surface area contributed by atoms with Crippen LogP contribution in [0.4, 0.5) is 0 Å². The average molecular weight is 794 g/mol. The molecule has 3 atom stereocenters. The number of carbonyl (C=O) groups is 1. The van der Waals surface area contributed by atoms with Gasteiger partial charge in [-0.15, -0.1) is 0 Å². The maximum atomic E-state index is 12.5. The van der Waals surface area contributed by atoms with Gasteiger partial charge in [-0.1, -0.05) is 277 Å². The molecular formula is C51H103NO4. The molecule has 56 heavy (non-hydrogen) atoms. The Labute approximate surface area is 351 Å². The van der Waals surface area contributed by atoms with Crippen molar-refractivity contribution in [1.82, 2.24) is 5.32 Å². The van der Waals surface area contributed by atoms with Crippen molar-refractivity contribution in [3.05, 3.63) is 0 Å². The minimum atomic E-state index is -1.13. The number of carbonyl (C=O) groups excluding carboxylic acids is 1. The summed E-state index contributed by atoms with van der Waals surface area (Å²) < 4.78 is 0. The molecule has 0 fully saturated rings. The van der Waals surface area contributed by atoms with Crippen LogP contribution in [0.5, 0.6) is 0 Å². The molecule has 0 aliphatic heterocycles. The van der Waals surface area contributed by atoms with Gasteiger partial charge in [0, 0.05) is 6.42 Å². The summed E-state index contributed by atoms with van der Waals surface area (Å²) in [5.41, 5.74) is 0. The van der Waals surface area contributed by atoms with Crippen molar-refractivity contribution in [3.8, 4) is 0 Å². The standard InChI is InChI=1S/C51H103NO4/c1-3-5-7-9-11-13-15-17-19-20-21-22-23-24-25-26-27-28-29-30-32-34-36-38-40-42-44-46-50(55)52-48(47-53)51(56)49(54)45-43-41-39-37-35-33-31-18-16-14-12-10-8-6-4-2/h48-49,51,53-54,56H,3-47H2,1-2H3,(H,52,55). The summed E-state index contributed by atoms with van der Waals surface area (Å²) in [4.78, 5) is 12.5. The molecule has 0 aromatic carbocycles. The lowest BCUT2D eigenvalue weighted by molar-refractivity contribution is -0.124. The molecule has 0 aromatic heterocycles. The van der Waals surface area contributed by atoms with Crippen LogP contribution in [0.1, 0.15) is 296 Å². The van der Waals surface area contributed by atoms with Gasteiger partial charge in [0.05, 0.1) is 18.8 Å². The van der Waals surface area contributed by atoms with Crippen molar-refractivity contribution in [2.75, 3.05) is 6.61 Å². The molecule has 0 aromatic rings. The van der Waals surface area contributed by atoms with Crippen molar-refractivity contribution in [1.29, 1.82) is 0 Å². The number of unbranched alkanes of at least 4 members (excludes halogenated alkanes) is 40. The first-order valence-electron chi connectivity index (χ1n) is 25.8. The molecule has 0 aliphatic rings. The second kappa shape index (κ2) is 47.0. The molecule has 0 spiro atoms. The van der Waals surface area contributed by atoms with E-state index in [0.717, 1.165) is 32.1 Å². The Bertz CT molecular complexity index is 747. The van der Waals surface area contributed by atoms with E-state index in [4.69, 9.17) is 0 Å². The van der Waals surface area contributed by atoms with Crippen molar-refractivity contribution >= 4 is 5.91 Å². The van der Waals surface area contributed by atoms with Gasteiger partial charge in [-0.2, -0.15) is 0 Å². The van der Waals surface area contributed by atoms with E-state index in [1.807, 2.05) is 0 Å². The number of aliphatic hydroxyl groups is 3. The molecule has 0 aliphatic carbocycles. The maximum Gasteiger partial charge on any atom is 0.220 e. The minimum Gasteiger partial charge on any atom is -0.394 e. The van der Waals surface area contributed by atoms with Crippen LogP contribution in [0.2, 0.25) is 0 Å². The average Bonchev–Trinajstić information content (AvgIpc) is 3.20. The Morgan fingerprint density at radius 2 is 0.607 bits per heavy atom. The van der Waals surface area contributed by atoms with Crippen molar-refractivity contribution in [2.24, 2.45) is 0 Å². The third kappa shape index (κ3) is 41.5. The van der Waals surface area contributed by atoms with Gasteiger partial charge >= 0.3 is 0 Å². The van der Waals surface area contributed by atoms with Crippen LogP contribution in [0, 0.1) is 0 Å². The Hall–Kier alpha value is -0.650. The smallest absolute Gasteiger partial charge is 0.220 e. The summed E-state index contributed by atoms with van der Waals surface area (Å²) in [6, 6.07) is -0.803. The highest BCUT2D eigenvalue weighted by Gasteiger charge is 2.26. The Morgan fingerprint density at radius 3 is 0.857 bits per heavy atom. The zero-order valence-corrected chi connectivity index (χ0v) is 38.3. The van der Waals surface area contributed by atoms with E-state index in [0.29, 0.717) is 12.8 Å². The summed E-state index contributed by atoms with van der Waals surface area (Å²) in [7, 11) is 0. The number of aliphatic hydroxyl groups excluding tert-OH is 3. The molecule has 5 nitrogen and oxygen atoms in total. The molecule has 0 radical (unpaired) electrons. The quantitative estimate of drug-likeness (QED) is 0.0462. The predicted octanol–water partition coefficient (Wildman–Crippen LogP) is 15.4. The second-order valence-electron chi connectivity index (χ2n) is 18.1. The van der Waals surface area contributed by atoms with Crippen LogP contribution < -0.4 is 5.32 Å². The van der Waals surface area contributed by atoms with Crippen LogP contribution in [0.25, 0.3) is 0 Å². The van der Waals surface area contributed by atoms with Crippen LogP contribution in [0.3, 0.4) is 0 Å². The highest BCUT2D eigenvalue weighted by molar-refractivity contribution is 5.76. The second-order valence-corrected chi connectivity index (χ2v) is 18.1. The Balaban J connectivity index is 3.49. The van der Waals surface area contributed by atoms with Gasteiger partial charge in [-0.25, -0.2) is 0 Å². The van der Waals surface area contributed by atoms with Gasteiger partial charge in [0.25, 0.3) is 0 Å². The first kappa shape index (κ1) is 55.4. The fourth-order valence-corrected chi connectivity index (χ4v) is 8.46. The molecule has 0 heterocycles. The molecule has 336 valence electrons. The minimum absolute atomic E-state index is 0.137. The Kier molecular flexibility index (Phi) is 46.5. The molecule has 0 saturated carbocycles. The molecule has 4 N–H and O–H groups in total. The van der Waals surface area contributed by atoms with Gasteiger partial charge in [-0.3, -0.25) is 4.79 Å². The lowest BCUT2D eigenvalue weighted by atomic mass is 9.99. The summed E-state index contributed by atoms with van der Waals surface area (Å²) in [6.45, 7) is 4.21. The lowest BCUT2D eigenvalue weighted by Gasteiger charge is -2.26. The highest BCUT2D eigenvalue weighted by atomic mass is 16.3. The number of hydrogen-bond donors (Lipinski definition) is 4. The fourth-order valence-electron chi connectivity index (χ4n) is 8.46. The van der Waals surface area contributed by atoms with E-state index in [1.165, 1.54) is 238 Å². The first-order valence-corrected chi connectivity index (χ1v) is 25.8. The van der Waals surface area contributed by atoms with E-state index >= 15 is 0 Å². The summed E-state index contributed by atoms with van der Waals surface area (Å²) in [5.74, 6) is -0.137. The van der Waals surface area contributed by atoms with Crippen molar-refractivity contribution in [3.63, 3.8) is 0 Å². The van der Waals surface area contributed by atoms with Gasteiger partial charge < -0.3 is 20.6 Å². The van der Waals surface area contributed by atoms with Crippen LogP contribution in [-0.2, 0) is 4.79 Å². The molecular weight excluding hydrogens is 691 g/mol. The first-order chi connectivity index (χ1) is 27.6. The molecule has 0 bridgehead atoms. The van der Waals surface area contributed by atoms with Gasteiger partial charge in [-0.05, 0) is 12.8 Å². The lowest BCUT2D eigenvalue weighted by Crippen LogP contribution is -2.50.